The van der Waals surface area contributed by atoms with Gasteiger partial charge >= 0.3 is 5.97 Å². The van der Waals surface area contributed by atoms with E-state index in [1.807, 2.05) is 0 Å². The van der Waals surface area contributed by atoms with Gasteiger partial charge in [-0.2, -0.15) is 4.39 Å². The number of halogens is 1. The zero-order chi connectivity index (χ0) is 15.9. The van der Waals surface area contributed by atoms with Crippen LogP contribution in [-0.4, -0.2) is 35.6 Å². The molecule has 19 heavy (non-hydrogen) atoms. The number of hydrogen-bond acceptors (Lipinski definition) is 2. The summed E-state index contributed by atoms with van der Waals surface area (Å²) in [7, 11) is -5.11. The van der Waals surface area contributed by atoms with E-state index in [9.17, 15) is 9.18 Å². The zero-order valence-electron chi connectivity index (χ0n) is 13.9. The maximum atomic E-state index is 13.2. The van der Waals surface area contributed by atoms with Crippen molar-refractivity contribution in [3.8, 4) is 0 Å². The van der Waals surface area contributed by atoms with Crippen molar-refractivity contribution in [2.24, 2.45) is 0 Å². The molecule has 0 aromatic heterocycles. The second kappa shape index (κ2) is 5.42. The average Bonchev–Trinajstić information content (AvgIpc) is 2.06. The maximum Gasteiger partial charge on any atom is 0.352 e. The van der Waals surface area contributed by atoms with Crippen LogP contribution in [0.2, 0.25) is 58.9 Å². The lowest BCUT2D eigenvalue weighted by Gasteiger charge is -2.55. The Labute approximate surface area is 121 Å². The number of rotatable bonds is 5. The van der Waals surface area contributed by atoms with Crippen LogP contribution >= 0.6 is 0 Å². The van der Waals surface area contributed by atoms with Gasteiger partial charge in [0.1, 0.15) is 0 Å². The van der Waals surface area contributed by atoms with Gasteiger partial charge in [-0.15, -0.1) is 0 Å². The van der Waals surface area contributed by atoms with Crippen LogP contribution in [0.4, 0.5) is 4.39 Å². The Kier molecular flexibility index (Phi) is 5.42. The quantitative estimate of drug-likeness (QED) is 0.555. The van der Waals surface area contributed by atoms with Crippen molar-refractivity contribution in [2.45, 2.75) is 58.9 Å². The molecule has 0 aliphatic carbocycles. The molecule has 0 aromatic rings. The SMILES string of the molecule is C=C(F)C(=O)O[Si]([Si](C)(C)C)([Si](C)(C)C)[Si](C)(C)C. The van der Waals surface area contributed by atoms with Crippen molar-refractivity contribution in [3.63, 3.8) is 0 Å². The van der Waals surface area contributed by atoms with Gasteiger partial charge in [-0.3, -0.25) is 0 Å². The fourth-order valence-corrected chi connectivity index (χ4v) is 96.7. The van der Waals surface area contributed by atoms with Gasteiger partial charge in [0, 0.05) is 0 Å². The monoisotopic (exact) mass is 336 g/mol. The third kappa shape index (κ3) is 3.56. The minimum atomic E-state index is -2.26. The molecule has 0 radical (unpaired) electrons. The molecule has 0 atom stereocenters. The summed E-state index contributed by atoms with van der Waals surface area (Å²) in [6.45, 7) is 21.4. The van der Waals surface area contributed by atoms with E-state index in [1.165, 1.54) is 0 Å². The van der Waals surface area contributed by atoms with E-state index in [-0.39, 0.29) is 0 Å². The molecule has 2 nitrogen and oxygen atoms in total. The Morgan fingerprint density at radius 2 is 1.11 bits per heavy atom. The first-order valence-electron chi connectivity index (χ1n) is 6.65. The van der Waals surface area contributed by atoms with E-state index in [0.29, 0.717) is 0 Å². The van der Waals surface area contributed by atoms with Crippen LogP contribution in [0.3, 0.4) is 0 Å². The molecule has 0 aliphatic heterocycles. The van der Waals surface area contributed by atoms with E-state index in [4.69, 9.17) is 4.43 Å². The standard InChI is InChI=1S/C12H29FO2Si4/c1-11(13)12(14)15-19(16(2,3)4,17(5,6)7)18(8,9)10/h1H2,2-10H3. The predicted octanol–water partition coefficient (Wildman–Crippen LogP) is 4.21. The van der Waals surface area contributed by atoms with Crippen LogP contribution in [0, 0.1) is 0 Å². The van der Waals surface area contributed by atoms with E-state index in [2.05, 4.69) is 65.5 Å². The molecule has 0 fully saturated rings. The largest absolute Gasteiger partial charge is 0.523 e. The van der Waals surface area contributed by atoms with Crippen LogP contribution in [0.15, 0.2) is 12.4 Å². The first kappa shape index (κ1) is 19.0. The first-order valence-corrected chi connectivity index (χ1v) is 22.1. The Morgan fingerprint density at radius 3 is 1.26 bits per heavy atom. The van der Waals surface area contributed by atoms with Gasteiger partial charge in [-0.1, -0.05) is 65.5 Å². The van der Waals surface area contributed by atoms with Gasteiger partial charge in [0.15, 0.2) is 5.83 Å². The van der Waals surface area contributed by atoms with Gasteiger partial charge in [0.2, 0.25) is 6.87 Å². The smallest absolute Gasteiger partial charge is 0.352 e. The molecule has 0 heterocycles. The highest BCUT2D eigenvalue weighted by Crippen LogP contribution is 2.38. The van der Waals surface area contributed by atoms with Gasteiger partial charge in [-0.25, -0.2) is 4.79 Å². The molecular formula is C12H29FO2Si4. The summed E-state index contributed by atoms with van der Waals surface area (Å²) in [6.07, 6.45) is 0. The summed E-state index contributed by atoms with van der Waals surface area (Å²) < 4.78 is 19.2. The number of carbonyl (C=O) groups excluding carboxylic acids is 1. The summed E-state index contributed by atoms with van der Waals surface area (Å²) in [5.41, 5.74) is 0. The fourth-order valence-electron chi connectivity index (χ4n) is 4.03. The minimum Gasteiger partial charge on any atom is -0.523 e. The number of hydrogen-bond donors (Lipinski definition) is 0. The molecule has 0 aliphatic rings. The number of carbonyl (C=O) groups is 1. The van der Waals surface area contributed by atoms with E-state index in [1.54, 1.807) is 0 Å². The summed E-state index contributed by atoms with van der Waals surface area (Å²) in [4.78, 5) is 11.9. The average molecular weight is 337 g/mol. The van der Waals surface area contributed by atoms with Crippen molar-refractivity contribution < 1.29 is 13.6 Å². The van der Waals surface area contributed by atoms with Crippen molar-refractivity contribution in [1.29, 1.82) is 0 Å². The highest BCUT2D eigenvalue weighted by molar-refractivity contribution is 7.87. The normalized spacial score (nSPS) is 14.2. The summed E-state index contributed by atoms with van der Waals surface area (Å²) >= 11 is 0. The first-order chi connectivity index (χ1) is 8.08. The second-order valence-electron chi connectivity index (χ2n) is 8.23. The molecule has 0 unspecified atom stereocenters. The molecule has 0 rings (SSSR count). The van der Waals surface area contributed by atoms with Crippen LogP contribution in [-0.2, 0) is 9.22 Å². The molecule has 0 N–H and O–H groups in total. The topological polar surface area (TPSA) is 26.3 Å². The lowest BCUT2D eigenvalue weighted by Crippen LogP contribution is -2.84. The van der Waals surface area contributed by atoms with Crippen LogP contribution < -0.4 is 0 Å². The van der Waals surface area contributed by atoms with Crippen LogP contribution in [0.1, 0.15) is 0 Å². The Morgan fingerprint density at radius 1 is 0.842 bits per heavy atom. The fraction of sp³-hybridized carbons (Fsp3) is 0.750. The predicted molar refractivity (Wildman–Crippen MR) is 92.1 cm³/mol. The van der Waals surface area contributed by atoms with Gasteiger partial charge in [0.05, 0.1) is 22.8 Å². The molecular weight excluding hydrogens is 307 g/mol. The third-order valence-corrected chi connectivity index (χ3v) is 70.9. The molecule has 0 bridgehead atoms. The molecule has 0 saturated carbocycles. The van der Waals surface area contributed by atoms with E-state index < -0.39 is 41.4 Å². The Bertz CT molecular complexity index is 339. The van der Waals surface area contributed by atoms with Crippen molar-refractivity contribution in [3.05, 3.63) is 12.4 Å². The molecule has 112 valence electrons. The highest BCUT2D eigenvalue weighted by Gasteiger charge is 2.66. The molecule has 0 amide bonds. The van der Waals surface area contributed by atoms with Gasteiger partial charge in [0.25, 0.3) is 0 Å². The molecule has 7 heteroatoms. The summed E-state index contributed by atoms with van der Waals surface area (Å²) in [5, 5.41) is 0. The van der Waals surface area contributed by atoms with Crippen molar-refractivity contribution in [1.82, 2.24) is 0 Å². The van der Waals surface area contributed by atoms with E-state index >= 15 is 0 Å². The maximum absolute atomic E-state index is 13.2. The van der Waals surface area contributed by atoms with Crippen LogP contribution in [0.5, 0.6) is 0 Å². The molecule has 0 saturated heterocycles. The Balaban J connectivity index is 6.12. The second-order valence-corrected chi connectivity index (χ2v) is 47.6. The Hall–Kier alpha value is 0.00753. The summed E-state index contributed by atoms with van der Waals surface area (Å²) in [6, 6.07) is 0. The van der Waals surface area contributed by atoms with Gasteiger partial charge in [-0.05, 0) is 0 Å². The minimum absolute atomic E-state index is 0.807. The lowest BCUT2D eigenvalue weighted by molar-refractivity contribution is -0.131. The van der Waals surface area contributed by atoms with Crippen molar-refractivity contribution in [2.75, 3.05) is 0 Å². The summed E-state index contributed by atoms with van der Waals surface area (Å²) in [5.74, 6) is -1.76. The lowest BCUT2D eigenvalue weighted by atomic mass is 10.6. The molecule has 0 spiro atoms. The van der Waals surface area contributed by atoms with Gasteiger partial charge < -0.3 is 4.43 Å². The zero-order valence-corrected chi connectivity index (χ0v) is 17.9. The van der Waals surface area contributed by atoms with Crippen molar-refractivity contribution >= 4 is 35.6 Å². The van der Waals surface area contributed by atoms with Crippen LogP contribution in [0.25, 0.3) is 0 Å². The van der Waals surface area contributed by atoms with E-state index in [0.717, 1.165) is 0 Å². The highest BCUT2D eigenvalue weighted by atomic mass is 29.9. The third-order valence-electron chi connectivity index (χ3n) is 3.64. The molecule has 0 aromatic carbocycles.